The third-order valence-electron chi connectivity index (χ3n) is 10.8. The van der Waals surface area contributed by atoms with Crippen molar-refractivity contribution in [1.82, 2.24) is 0 Å². The molecule has 9 aliphatic carbocycles. The maximum atomic E-state index is 1.74. The molecule has 0 heterocycles. The average Bonchev–Trinajstić information content (AvgIpc) is 2.50. The Labute approximate surface area is 162 Å². The van der Waals surface area contributed by atoms with Gasteiger partial charge in [-0.3, -0.25) is 0 Å². The molecule has 0 nitrogen and oxygen atoms in total. The molecular weight excluding hydrogens is 331 g/mol. The molecule has 26 heavy (non-hydrogen) atoms. The highest BCUT2D eigenvalue weighted by molar-refractivity contribution is 7.61. The lowest BCUT2D eigenvalue weighted by atomic mass is 9.55. The molecule has 0 atom stereocenters. The smallest absolute Gasteiger partial charge is 0.00814 e. The van der Waals surface area contributed by atoms with E-state index in [1.54, 1.807) is 102 Å². The minimum Gasteiger partial charge on any atom is -0.0936 e. The normalized spacial score (nSPS) is 58.2. The largest absolute Gasteiger partial charge is 0.0936 e. The van der Waals surface area contributed by atoms with Crippen LogP contribution in [0.25, 0.3) is 0 Å². The van der Waals surface area contributed by atoms with Gasteiger partial charge in [0.1, 0.15) is 0 Å². The summed E-state index contributed by atoms with van der Waals surface area (Å²) in [5.74, 6) is 8.18. The second-order valence-corrected chi connectivity index (χ2v) is 15.8. The zero-order valence-electron chi connectivity index (χ0n) is 16.8. The van der Waals surface area contributed by atoms with Crippen molar-refractivity contribution in [2.75, 3.05) is 6.16 Å². The van der Waals surface area contributed by atoms with Crippen molar-refractivity contribution in [2.45, 2.75) is 107 Å². The van der Waals surface area contributed by atoms with E-state index in [1.807, 2.05) is 0 Å². The topological polar surface area (TPSA) is 0 Å². The fourth-order valence-corrected chi connectivity index (χ4v) is 16.1. The van der Waals surface area contributed by atoms with Crippen molar-refractivity contribution in [3.8, 4) is 0 Å². The van der Waals surface area contributed by atoms with Crippen LogP contribution < -0.4 is 0 Å². The highest BCUT2D eigenvalue weighted by atomic mass is 31.1. The molecule has 0 spiro atoms. The second kappa shape index (κ2) is 5.52. The van der Waals surface area contributed by atoms with Gasteiger partial charge in [-0.25, -0.2) is 0 Å². The average molecular weight is 371 g/mol. The molecule has 9 rings (SSSR count). The third-order valence-corrected chi connectivity index (χ3v) is 15.1. The molecular formula is C25H39P. The number of hydrogen-bond acceptors (Lipinski definition) is 0. The van der Waals surface area contributed by atoms with Gasteiger partial charge in [0.15, 0.2) is 0 Å². The third kappa shape index (κ3) is 2.30. The first-order valence-corrected chi connectivity index (χ1v) is 14.0. The number of rotatable bonds is 4. The lowest BCUT2D eigenvalue weighted by molar-refractivity contribution is 0.0180. The SMILES string of the molecule is C1CC(CP(C23CC4CC(CC(C4)C2)C3)C23CC4CC(CC(C4)C2)C3)C1. The summed E-state index contributed by atoms with van der Waals surface area (Å²) in [5.41, 5.74) is 0. The summed E-state index contributed by atoms with van der Waals surface area (Å²) in [6, 6.07) is 0. The van der Waals surface area contributed by atoms with Crippen LogP contribution >= 0.6 is 7.92 Å². The molecule has 0 aromatic carbocycles. The van der Waals surface area contributed by atoms with Gasteiger partial charge < -0.3 is 0 Å². The van der Waals surface area contributed by atoms with Crippen LogP contribution in [0.1, 0.15) is 96.3 Å². The Bertz CT molecular complexity index is 472. The summed E-state index contributed by atoms with van der Waals surface area (Å²) in [5, 5.41) is 1.79. The first-order chi connectivity index (χ1) is 12.7. The first-order valence-electron chi connectivity index (χ1n) is 12.5. The predicted molar refractivity (Wildman–Crippen MR) is 111 cm³/mol. The molecule has 9 saturated carbocycles. The van der Waals surface area contributed by atoms with Gasteiger partial charge in [0.2, 0.25) is 0 Å². The van der Waals surface area contributed by atoms with Crippen LogP contribution in [0, 0.1) is 41.4 Å². The van der Waals surface area contributed by atoms with Crippen molar-refractivity contribution in [1.29, 1.82) is 0 Å². The monoisotopic (exact) mass is 370 g/mol. The van der Waals surface area contributed by atoms with Gasteiger partial charge in [0.25, 0.3) is 0 Å². The van der Waals surface area contributed by atoms with Crippen molar-refractivity contribution < 1.29 is 0 Å². The van der Waals surface area contributed by atoms with Gasteiger partial charge in [-0.15, -0.1) is 0 Å². The summed E-state index contributed by atoms with van der Waals surface area (Å²) in [7, 11) is 0.297. The summed E-state index contributed by atoms with van der Waals surface area (Å²) in [6.45, 7) is 0. The van der Waals surface area contributed by atoms with E-state index in [0.29, 0.717) is 7.92 Å². The van der Waals surface area contributed by atoms with Crippen LogP contribution in [0.15, 0.2) is 0 Å². The Morgan fingerprint density at radius 2 is 0.885 bits per heavy atom. The summed E-state index contributed by atoms with van der Waals surface area (Å²) in [4.78, 5) is 0. The molecule has 0 amide bonds. The van der Waals surface area contributed by atoms with Crippen LogP contribution in [0.4, 0.5) is 0 Å². The van der Waals surface area contributed by atoms with Crippen molar-refractivity contribution >= 4 is 7.92 Å². The fraction of sp³-hybridized carbons (Fsp3) is 1.00. The molecule has 0 aromatic rings. The molecule has 9 aliphatic rings. The summed E-state index contributed by atoms with van der Waals surface area (Å²) < 4.78 is 0. The zero-order valence-corrected chi connectivity index (χ0v) is 17.7. The maximum absolute atomic E-state index is 1.74. The Kier molecular flexibility index (Phi) is 3.45. The van der Waals surface area contributed by atoms with Gasteiger partial charge in [-0.1, -0.05) is 27.2 Å². The minimum atomic E-state index is 0.297. The Morgan fingerprint density at radius 3 is 1.15 bits per heavy atom. The molecule has 0 aromatic heterocycles. The van der Waals surface area contributed by atoms with E-state index in [2.05, 4.69) is 0 Å². The van der Waals surface area contributed by atoms with Crippen LogP contribution in [0.3, 0.4) is 0 Å². The Hall–Kier alpha value is 0.430. The van der Waals surface area contributed by atoms with E-state index >= 15 is 0 Å². The predicted octanol–water partition coefficient (Wildman–Crippen LogP) is 7.21. The molecule has 9 fully saturated rings. The molecule has 0 aliphatic heterocycles. The lowest BCUT2D eigenvalue weighted by Gasteiger charge is -2.68. The van der Waals surface area contributed by atoms with Gasteiger partial charge in [-0.05, 0) is 135 Å². The second-order valence-electron chi connectivity index (χ2n) is 12.7. The summed E-state index contributed by atoms with van der Waals surface area (Å²) in [6.07, 6.45) is 26.6. The van der Waals surface area contributed by atoms with Crippen LogP contribution in [-0.4, -0.2) is 16.5 Å². The standard InChI is InChI=1S/C25H39P/c1-2-17(3-1)16-26(24-10-18-4-19(11-24)6-20(5-18)12-24)25-13-21-7-22(14-25)9-23(8-21)15-25/h17-23H,1-16H2. The van der Waals surface area contributed by atoms with Gasteiger partial charge in [0, 0.05) is 0 Å². The molecule has 1 heteroatoms. The van der Waals surface area contributed by atoms with Crippen molar-refractivity contribution in [3.63, 3.8) is 0 Å². The van der Waals surface area contributed by atoms with Crippen LogP contribution in [0.5, 0.6) is 0 Å². The molecule has 0 N–H and O–H groups in total. The van der Waals surface area contributed by atoms with E-state index in [9.17, 15) is 0 Å². The first kappa shape index (κ1) is 16.3. The number of hydrogen-bond donors (Lipinski definition) is 0. The quantitative estimate of drug-likeness (QED) is 0.459. The molecule has 0 saturated heterocycles. The highest BCUT2D eigenvalue weighted by Crippen LogP contribution is 2.79. The van der Waals surface area contributed by atoms with Crippen LogP contribution in [-0.2, 0) is 0 Å². The zero-order chi connectivity index (χ0) is 16.9. The van der Waals surface area contributed by atoms with Crippen molar-refractivity contribution in [3.05, 3.63) is 0 Å². The summed E-state index contributed by atoms with van der Waals surface area (Å²) >= 11 is 0. The molecule has 8 bridgehead atoms. The molecule has 144 valence electrons. The van der Waals surface area contributed by atoms with E-state index in [0.717, 1.165) is 10.3 Å². The van der Waals surface area contributed by atoms with E-state index in [-0.39, 0.29) is 0 Å². The minimum absolute atomic E-state index is 0.297. The van der Waals surface area contributed by atoms with Crippen LogP contribution in [0.2, 0.25) is 0 Å². The maximum Gasteiger partial charge on any atom is -0.00814 e. The Balaban J connectivity index is 1.28. The Morgan fingerprint density at radius 1 is 0.538 bits per heavy atom. The highest BCUT2D eigenvalue weighted by Gasteiger charge is 2.62. The lowest BCUT2D eigenvalue weighted by Crippen LogP contribution is -2.57. The van der Waals surface area contributed by atoms with E-state index in [4.69, 9.17) is 0 Å². The van der Waals surface area contributed by atoms with E-state index in [1.165, 1.54) is 41.4 Å². The van der Waals surface area contributed by atoms with E-state index < -0.39 is 0 Å². The van der Waals surface area contributed by atoms with Gasteiger partial charge in [0.05, 0.1) is 0 Å². The van der Waals surface area contributed by atoms with Crippen molar-refractivity contribution in [2.24, 2.45) is 41.4 Å². The van der Waals surface area contributed by atoms with Gasteiger partial charge >= 0.3 is 0 Å². The molecule has 0 unspecified atom stereocenters. The van der Waals surface area contributed by atoms with Gasteiger partial charge in [-0.2, -0.15) is 0 Å². The molecule has 0 radical (unpaired) electrons. The fourth-order valence-electron chi connectivity index (χ4n) is 10.6.